The topological polar surface area (TPSA) is 26.3 Å². The summed E-state index contributed by atoms with van der Waals surface area (Å²) in [4.78, 5) is 0. The first-order valence-corrected chi connectivity index (χ1v) is 9.61. The zero-order chi connectivity index (χ0) is 14.5. The van der Waals surface area contributed by atoms with Crippen molar-refractivity contribution in [3.63, 3.8) is 0 Å². The van der Waals surface area contributed by atoms with E-state index in [1.165, 1.54) is 38.5 Å². The quantitative estimate of drug-likeness (QED) is 0.378. The molecule has 0 aliphatic heterocycles. The predicted molar refractivity (Wildman–Crippen MR) is 85.0 cm³/mol. The third-order valence-electron chi connectivity index (χ3n) is 3.95. The molecule has 19 heavy (non-hydrogen) atoms. The van der Waals surface area contributed by atoms with E-state index < -0.39 is 8.03 Å². The highest BCUT2D eigenvalue weighted by atomic mass is 31.1. The minimum Gasteiger partial charge on any atom is -0.146 e. The van der Waals surface area contributed by atoms with Gasteiger partial charge in [0.2, 0.25) is 0 Å². The Morgan fingerprint density at radius 3 is 1.89 bits per heavy atom. The molecule has 0 bridgehead atoms. The normalized spacial score (nSPS) is 15.3. The highest BCUT2D eigenvalue weighted by Gasteiger charge is 2.24. The summed E-state index contributed by atoms with van der Waals surface area (Å²) in [5, 5.41) is 0. The fourth-order valence-electron chi connectivity index (χ4n) is 2.27. The van der Waals surface area contributed by atoms with Crippen LogP contribution in [0.1, 0.15) is 79.1 Å². The Balaban J connectivity index is 3.87. The Bertz CT molecular complexity index is 219. The first-order valence-electron chi connectivity index (χ1n) is 8.25. The van der Waals surface area contributed by atoms with Crippen LogP contribution in [0.3, 0.4) is 0 Å². The Kier molecular flexibility index (Phi) is 13.1. The third kappa shape index (κ3) is 10.5. The molecular formula is C16H34O2P+. The highest BCUT2D eigenvalue weighted by Crippen LogP contribution is 2.31. The van der Waals surface area contributed by atoms with Crippen LogP contribution in [-0.2, 0) is 9.09 Å². The van der Waals surface area contributed by atoms with E-state index in [0.29, 0.717) is 18.4 Å². The lowest BCUT2D eigenvalue weighted by atomic mass is 10.0. The molecule has 0 rings (SSSR count). The minimum absolute atomic E-state index is 0.583. The van der Waals surface area contributed by atoms with Crippen molar-refractivity contribution in [1.82, 2.24) is 0 Å². The van der Waals surface area contributed by atoms with Crippen LogP contribution in [0.2, 0.25) is 0 Å². The van der Waals surface area contributed by atoms with Crippen LogP contribution < -0.4 is 0 Å². The van der Waals surface area contributed by atoms with Gasteiger partial charge >= 0.3 is 8.03 Å². The van der Waals surface area contributed by atoms with E-state index in [9.17, 15) is 4.57 Å². The number of rotatable bonds is 13. The van der Waals surface area contributed by atoms with Crippen LogP contribution in [0.15, 0.2) is 0 Å². The van der Waals surface area contributed by atoms with Gasteiger partial charge in [0.15, 0.2) is 6.16 Å². The lowest BCUT2D eigenvalue weighted by molar-refractivity contribution is 0.241. The smallest absolute Gasteiger partial charge is 0.146 e. The van der Waals surface area contributed by atoms with E-state index in [-0.39, 0.29) is 0 Å². The van der Waals surface area contributed by atoms with Crippen molar-refractivity contribution in [2.24, 2.45) is 11.8 Å². The fraction of sp³-hybridized carbons (Fsp3) is 1.00. The Labute approximate surface area is 121 Å². The van der Waals surface area contributed by atoms with E-state index in [0.717, 1.165) is 19.0 Å². The molecule has 0 aromatic rings. The van der Waals surface area contributed by atoms with Crippen LogP contribution in [0, 0.1) is 11.8 Å². The molecule has 0 aromatic heterocycles. The SMILES string of the molecule is CCCCC(CC)CO[P+](=O)CC(CC)CCCC. The van der Waals surface area contributed by atoms with Crippen molar-refractivity contribution < 1.29 is 9.09 Å². The molecule has 0 amide bonds. The van der Waals surface area contributed by atoms with Gasteiger partial charge in [0.25, 0.3) is 0 Å². The second-order valence-electron chi connectivity index (χ2n) is 5.64. The summed E-state index contributed by atoms with van der Waals surface area (Å²) in [6.07, 6.45) is 10.4. The predicted octanol–water partition coefficient (Wildman–Crippen LogP) is 6.18. The minimum atomic E-state index is -1.45. The molecule has 0 spiro atoms. The van der Waals surface area contributed by atoms with Gasteiger partial charge in [-0.2, -0.15) is 0 Å². The maximum absolute atomic E-state index is 12.0. The second-order valence-corrected chi connectivity index (χ2v) is 6.93. The maximum atomic E-state index is 12.0. The molecule has 0 saturated carbocycles. The summed E-state index contributed by atoms with van der Waals surface area (Å²) in [5.74, 6) is 1.17. The first kappa shape index (κ1) is 19.1. The van der Waals surface area contributed by atoms with Crippen molar-refractivity contribution in [3.05, 3.63) is 0 Å². The first-order chi connectivity index (χ1) is 9.17. The van der Waals surface area contributed by atoms with Crippen molar-refractivity contribution in [2.75, 3.05) is 12.8 Å². The molecule has 2 nitrogen and oxygen atoms in total. The van der Waals surface area contributed by atoms with Gasteiger partial charge in [0.1, 0.15) is 6.61 Å². The van der Waals surface area contributed by atoms with Gasteiger partial charge in [-0.15, -0.1) is 4.52 Å². The van der Waals surface area contributed by atoms with Crippen LogP contribution in [0.4, 0.5) is 0 Å². The van der Waals surface area contributed by atoms with Crippen LogP contribution in [0.25, 0.3) is 0 Å². The molecule has 3 atom stereocenters. The molecule has 114 valence electrons. The number of hydrogen-bond acceptors (Lipinski definition) is 2. The van der Waals surface area contributed by atoms with E-state index in [4.69, 9.17) is 4.52 Å². The molecule has 0 aliphatic carbocycles. The van der Waals surface area contributed by atoms with Gasteiger partial charge in [-0.1, -0.05) is 59.8 Å². The zero-order valence-corrected chi connectivity index (χ0v) is 14.4. The average Bonchev–Trinajstić information content (AvgIpc) is 2.43. The van der Waals surface area contributed by atoms with Crippen LogP contribution in [0.5, 0.6) is 0 Å². The molecule has 3 heteroatoms. The van der Waals surface area contributed by atoms with Crippen molar-refractivity contribution in [2.45, 2.75) is 79.1 Å². The summed E-state index contributed by atoms with van der Waals surface area (Å²) in [5.41, 5.74) is 0. The van der Waals surface area contributed by atoms with Crippen molar-refractivity contribution >= 4 is 8.03 Å². The Morgan fingerprint density at radius 2 is 1.42 bits per heavy atom. The van der Waals surface area contributed by atoms with Crippen molar-refractivity contribution in [3.8, 4) is 0 Å². The van der Waals surface area contributed by atoms with E-state index in [1.807, 2.05) is 0 Å². The molecule has 0 radical (unpaired) electrons. The fourth-order valence-corrected chi connectivity index (χ4v) is 3.61. The summed E-state index contributed by atoms with van der Waals surface area (Å²) < 4.78 is 17.6. The van der Waals surface area contributed by atoms with Gasteiger partial charge in [-0.3, -0.25) is 0 Å². The molecule has 3 unspecified atom stereocenters. The molecule has 0 saturated heterocycles. The molecule has 0 heterocycles. The standard InChI is InChI=1S/C16H34O2P/c1-5-9-11-15(7-3)13-18-19(17)14-16(8-4)12-10-6-2/h15-16H,5-14H2,1-4H3/q+1. The van der Waals surface area contributed by atoms with Crippen molar-refractivity contribution in [1.29, 1.82) is 0 Å². The van der Waals surface area contributed by atoms with Gasteiger partial charge in [0, 0.05) is 5.92 Å². The largest absolute Gasteiger partial charge is 0.508 e. The van der Waals surface area contributed by atoms with Gasteiger partial charge in [0.05, 0.1) is 0 Å². The van der Waals surface area contributed by atoms with Gasteiger partial charge in [-0.05, 0) is 29.7 Å². The molecule has 0 fully saturated rings. The summed E-state index contributed by atoms with van der Waals surface area (Å²) >= 11 is 0. The maximum Gasteiger partial charge on any atom is 0.508 e. The summed E-state index contributed by atoms with van der Waals surface area (Å²) in [6.45, 7) is 9.51. The van der Waals surface area contributed by atoms with Gasteiger partial charge in [-0.25, -0.2) is 0 Å². The third-order valence-corrected chi connectivity index (χ3v) is 5.20. The average molecular weight is 289 g/mol. The molecule has 0 aromatic carbocycles. The van der Waals surface area contributed by atoms with Gasteiger partial charge < -0.3 is 0 Å². The Morgan fingerprint density at radius 1 is 0.895 bits per heavy atom. The van der Waals surface area contributed by atoms with E-state index >= 15 is 0 Å². The van der Waals surface area contributed by atoms with E-state index in [1.54, 1.807) is 0 Å². The lowest BCUT2D eigenvalue weighted by Crippen LogP contribution is -2.08. The summed E-state index contributed by atoms with van der Waals surface area (Å²) in [6, 6.07) is 0. The number of hydrogen-bond donors (Lipinski definition) is 0. The molecule has 0 N–H and O–H groups in total. The monoisotopic (exact) mass is 289 g/mol. The Hall–Kier alpha value is 0.0600. The highest BCUT2D eigenvalue weighted by molar-refractivity contribution is 7.39. The van der Waals surface area contributed by atoms with E-state index in [2.05, 4.69) is 27.7 Å². The second kappa shape index (κ2) is 13.1. The number of unbranched alkanes of at least 4 members (excludes halogenated alkanes) is 2. The molecule has 0 aliphatic rings. The van der Waals surface area contributed by atoms with Crippen LogP contribution in [-0.4, -0.2) is 12.8 Å². The lowest BCUT2D eigenvalue weighted by Gasteiger charge is -2.11. The molecular weight excluding hydrogens is 255 g/mol. The zero-order valence-electron chi connectivity index (χ0n) is 13.5. The van der Waals surface area contributed by atoms with Crippen LogP contribution >= 0.6 is 8.03 Å². The summed E-state index contributed by atoms with van der Waals surface area (Å²) in [7, 11) is -1.45.